The highest BCUT2D eigenvalue weighted by atomic mass is 16.5. The van der Waals surface area contributed by atoms with Crippen LogP contribution in [0, 0.1) is 5.92 Å². The van der Waals surface area contributed by atoms with E-state index in [-0.39, 0.29) is 36.4 Å². The molecule has 12 nitrogen and oxygen atoms in total. The van der Waals surface area contributed by atoms with Crippen LogP contribution in [-0.2, 0) is 20.9 Å². The van der Waals surface area contributed by atoms with Crippen molar-refractivity contribution in [3.05, 3.63) is 30.1 Å². The van der Waals surface area contributed by atoms with Gasteiger partial charge in [-0.3, -0.25) is 24.6 Å². The Balaban J connectivity index is 0.00000101. The third-order valence-electron chi connectivity index (χ3n) is 4.67. The first kappa shape index (κ1) is 23.0. The maximum absolute atomic E-state index is 12.5. The van der Waals surface area contributed by atoms with E-state index in [1.165, 1.54) is 12.5 Å². The van der Waals surface area contributed by atoms with Crippen molar-refractivity contribution in [1.82, 2.24) is 36.0 Å². The van der Waals surface area contributed by atoms with Crippen LogP contribution >= 0.6 is 0 Å². The lowest BCUT2D eigenvalue weighted by Crippen LogP contribution is -2.50. The predicted molar refractivity (Wildman–Crippen MR) is 104 cm³/mol. The summed E-state index contributed by atoms with van der Waals surface area (Å²) in [6, 6.07) is -0.228. The van der Waals surface area contributed by atoms with Crippen LogP contribution in [0.5, 0.6) is 0 Å². The van der Waals surface area contributed by atoms with Gasteiger partial charge in [-0.1, -0.05) is 6.92 Å². The summed E-state index contributed by atoms with van der Waals surface area (Å²) >= 11 is 0. The van der Waals surface area contributed by atoms with Crippen LogP contribution in [0.1, 0.15) is 48.8 Å². The van der Waals surface area contributed by atoms with Gasteiger partial charge in [0.15, 0.2) is 0 Å². The topological polar surface area (TPSA) is 175 Å². The van der Waals surface area contributed by atoms with Gasteiger partial charge in [-0.25, -0.2) is 4.98 Å². The average molecular weight is 421 g/mol. The first-order chi connectivity index (χ1) is 14.6. The van der Waals surface area contributed by atoms with E-state index in [1.54, 1.807) is 6.20 Å². The molecule has 0 bridgehead atoms. The normalized spacial score (nSPS) is 20.5. The van der Waals surface area contributed by atoms with Gasteiger partial charge < -0.3 is 20.5 Å². The summed E-state index contributed by atoms with van der Waals surface area (Å²) in [6.45, 7) is 2.73. The molecule has 2 heterocycles. The number of amides is 2. The quantitative estimate of drug-likeness (QED) is 0.377. The molecule has 30 heavy (non-hydrogen) atoms. The lowest BCUT2D eigenvalue weighted by atomic mass is 9.83. The highest BCUT2D eigenvalue weighted by Gasteiger charge is 2.35. The molecule has 3 rings (SSSR count). The molecule has 0 saturated heterocycles. The van der Waals surface area contributed by atoms with E-state index in [0.717, 1.165) is 12.8 Å². The predicted octanol–water partition coefficient (Wildman–Crippen LogP) is 0.239. The maximum Gasteiger partial charge on any atom is 0.290 e. The van der Waals surface area contributed by atoms with Crippen molar-refractivity contribution >= 4 is 18.3 Å². The summed E-state index contributed by atoms with van der Waals surface area (Å²) in [5, 5.41) is 25.7. The average Bonchev–Trinajstić information content (AvgIpc) is 3.45. The first-order valence-corrected chi connectivity index (χ1v) is 9.70. The van der Waals surface area contributed by atoms with Crippen LogP contribution in [0.3, 0.4) is 0 Å². The van der Waals surface area contributed by atoms with Gasteiger partial charge >= 0.3 is 0 Å². The number of carbonyl (C=O) groups excluding carboxylic acids is 2. The molecule has 2 aromatic rings. The number of carbonyl (C=O) groups is 3. The number of carboxylic acid groups (broad SMARTS) is 1. The number of aromatic nitrogens is 5. The SMILES string of the molecule is CCCO[C@@H]1CC[C@H](C(=O)NCc2ncn[nH]2)C[C@H]1NC(=O)c1cn[nH]c1.O=CO. The molecule has 3 atom stereocenters. The molecule has 1 saturated carbocycles. The standard InChI is InChI=1S/C17H25N7O3.CH2O2/c1-2-5-27-14-4-3-11(16(25)18-9-15-19-10-22-24-15)6-13(14)23-17(26)12-7-20-21-8-12;2-1-3/h7-8,10-11,13-14H,2-6,9H2,1H3,(H,18,25)(H,20,21)(H,23,26)(H,19,22,24);1H,(H,2,3)/t11-,13+,14+;/m0./s1. The lowest BCUT2D eigenvalue weighted by molar-refractivity contribution is -0.128. The van der Waals surface area contributed by atoms with Crippen LogP contribution in [0.15, 0.2) is 18.7 Å². The van der Waals surface area contributed by atoms with Crippen molar-refractivity contribution in [2.24, 2.45) is 5.92 Å². The second-order valence-corrected chi connectivity index (χ2v) is 6.74. The summed E-state index contributed by atoms with van der Waals surface area (Å²) in [5.41, 5.74) is 0.459. The van der Waals surface area contributed by atoms with Crippen molar-refractivity contribution in [2.45, 2.75) is 51.3 Å². The minimum Gasteiger partial charge on any atom is -0.483 e. The molecule has 1 aliphatic carbocycles. The van der Waals surface area contributed by atoms with E-state index in [0.29, 0.717) is 37.4 Å². The molecule has 0 aliphatic heterocycles. The van der Waals surface area contributed by atoms with Crippen LogP contribution in [0.2, 0.25) is 0 Å². The van der Waals surface area contributed by atoms with E-state index in [9.17, 15) is 9.59 Å². The third-order valence-corrected chi connectivity index (χ3v) is 4.67. The van der Waals surface area contributed by atoms with Gasteiger partial charge in [0.25, 0.3) is 12.4 Å². The molecule has 0 aromatic carbocycles. The van der Waals surface area contributed by atoms with E-state index >= 15 is 0 Å². The third kappa shape index (κ3) is 6.95. The molecule has 12 heteroatoms. The zero-order valence-electron chi connectivity index (χ0n) is 16.7. The molecule has 0 spiro atoms. The second-order valence-electron chi connectivity index (χ2n) is 6.74. The van der Waals surface area contributed by atoms with E-state index < -0.39 is 0 Å². The Morgan fingerprint density at radius 2 is 2.17 bits per heavy atom. The first-order valence-electron chi connectivity index (χ1n) is 9.70. The highest BCUT2D eigenvalue weighted by Crippen LogP contribution is 2.27. The van der Waals surface area contributed by atoms with Crippen LogP contribution < -0.4 is 10.6 Å². The Kier molecular flexibility index (Phi) is 9.45. The van der Waals surface area contributed by atoms with Crippen LogP contribution in [-0.4, -0.2) is 67.5 Å². The molecule has 0 unspecified atom stereocenters. The van der Waals surface area contributed by atoms with Crippen molar-refractivity contribution < 1.29 is 24.2 Å². The molecule has 2 amide bonds. The van der Waals surface area contributed by atoms with Crippen molar-refractivity contribution in [1.29, 1.82) is 0 Å². The molecule has 2 aromatic heterocycles. The zero-order valence-corrected chi connectivity index (χ0v) is 16.7. The van der Waals surface area contributed by atoms with E-state index in [2.05, 4.69) is 36.0 Å². The van der Waals surface area contributed by atoms with Crippen LogP contribution in [0.4, 0.5) is 0 Å². The number of rotatable bonds is 8. The van der Waals surface area contributed by atoms with Gasteiger partial charge in [0.05, 0.1) is 30.5 Å². The minimum atomic E-state index is -0.250. The largest absolute Gasteiger partial charge is 0.483 e. The Morgan fingerprint density at radius 3 is 2.80 bits per heavy atom. The fraction of sp³-hybridized carbons (Fsp3) is 0.556. The highest BCUT2D eigenvalue weighted by molar-refractivity contribution is 5.93. The smallest absolute Gasteiger partial charge is 0.290 e. The molecule has 0 radical (unpaired) electrons. The van der Waals surface area contributed by atoms with Gasteiger partial charge in [0.2, 0.25) is 5.91 Å². The van der Waals surface area contributed by atoms with Gasteiger partial charge in [-0.2, -0.15) is 10.2 Å². The molecule has 1 aliphatic rings. The fourth-order valence-corrected chi connectivity index (χ4v) is 3.26. The Hall–Kier alpha value is -3.28. The maximum atomic E-state index is 12.5. The number of aromatic amines is 2. The summed E-state index contributed by atoms with van der Waals surface area (Å²) in [6.07, 6.45) is 7.19. The number of hydrogen-bond acceptors (Lipinski definition) is 7. The monoisotopic (exact) mass is 421 g/mol. The summed E-state index contributed by atoms with van der Waals surface area (Å²) < 4.78 is 5.92. The Morgan fingerprint density at radius 1 is 1.37 bits per heavy atom. The van der Waals surface area contributed by atoms with E-state index in [1.807, 2.05) is 6.92 Å². The number of hydrogen-bond donors (Lipinski definition) is 5. The number of nitrogens with one attached hydrogen (secondary N) is 4. The van der Waals surface area contributed by atoms with Gasteiger partial charge in [-0.15, -0.1) is 0 Å². The summed E-state index contributed by atoms with van der Waals surface area (Å²) in [7, 11) is 0. The number of ether oxygens (including phenoxy) is 1. The lowest BCUT2D eigenvalue weighted by Gasteiger charge is -2.35. The summed E-state index contributed by atoms with van der Waals surface area (Å²) in [4.78, 5) is 37.3. The van der Waals surface area contributed by atoms with Crippen LogP contribution in [0.25, 0.3) is 0 Å². The van der Waals surface area contributed by atoms with Gasteiger partial charge in [0.1, 0.15) is 12.2 Å². The van der Waals surface area contributed by atoms with Crippen molar-refractivity contribution in [3.8, 4) is 0 Å². The second kappa shape index (κ2) is 12.3. The van der Waals surface area contributed by atoms with Crippen molar-refractivity contribution in [3.63, 3.8) is 0 Å². The molecule has 164 valence electrons. The van der Waals surface area contributed by atoms with Gasteiger partial charge in [0, 0.05) is 18.7 Å². The molecular formula is C18H27N7O5. The van der Waals surface area contributed by atoms with Crippen molar-refractivity contribution in [2.75, 3.05) is 6.61 Å². The minimum absolute atomic E-state index is 0.0529. The fourth-order valence-electron chi connectivity index (χ4n) is 3.26. The van der Waals surface area contributed by atoms with E-state index in [4.69, 9.17) is 14.6 Å². The Bertz CT molecular complexity index is 766. The number of nitrogens with zero attached hydrogens (tertiary/aromatic N) is 3. The summed E-state index contributed by atoms with van der Waals surface area (Å²) in [5.74, 6) is 0.140. The molecule has 5 N–H and O–H groups in total. The van der Waals surface area contributed by atoms with Gasteiger partial charge in [-0.05, 0) is 25.7 Å². The molecule has 1 fully saturated rings. The molecular weight excluding hydrogens is 394 g/mol. The zero-order chi connectivity index (χ0) is 21.8. The number of H-pyrrole nitrogens is 2. The Labute approximate surface area is 173 Å².